The van der Waals surface area contributed by atoms with E-state index in [1.807, 2.05) is 13.8 Å². The summed E-state index contributed by atoms with van der Waals surface area (Å²) in [5.41, 5.74) is -0.0774. The van der Waals surface area contributed by atoms with Gasteiger partial charge in [0.25, 0.3) is 0 Å². The predicted molar refractivity (Wildman–Crippen MR) is 74.4 cm³/mol. The molecule has 0 aromatic heterocycles. The first kappa shape index (κ1) is 14.3. The molecule has 1 heterocycles. The minimum atomic E-state index is -0.406. The molecule has 1 saturated carbocycles. The molecule has 0 amide bonds. The van der Waals surface area contributed by atoms with Gasteiger partial charge in [0.2, 0.25) is 0 Å². The first-order valence-electron chi connectivity index (χ1n) is 7.66. The average Bonchev–Trinajstić information content (AvgIpc) is 2.49. The molecule has 0 aromatic carbocycles. The first-order chi connectivity index (χ1) is 8.28. The van der Waals surface area contributed by atoms with Crippen molar-refractivity contribution in [1.29, 1.82) is 0 Å². The molecule has 0 spiro atoms. The van der Waals surface area contributed by atoms with E-state index < -0.39 is 5.79 Å². The summed E-state index contributed by atoms with van der Waals surface area (Å²) in [6.45, 7) is 13.4. The van der Waals surface area contributed by atoms with Gasteiger partial charge in [-0.1, -0.05) is 33.6 Å². The molecular formula is C16H30O2. The quantitative estimate of drug-likeness (QED) is 0.744. The van der Waals surface area contributed by atoms with E-state index in [1.165, 1.54) is 25.7 Å². The van der Waals surface area contributed by atoms with Gasteiger partial charge in [0.1, 0.15) is 0 Å². The number of rotatable bonds is 3. The summed E-state index contributed by atoms with van der Waals surface area (Å²) in [5, 5.41) is 0. The summed E-state index contributed by atoms with van der Waals surface area (Å²) in [6, 6.07) is 0. The lowest BCUT2D eigenvalue weighted by Crippen LogP contribution is -2.49. The second-order valence-electron chi connectivity index (χ2n) is 7.19. The fourth-order valence-corrected chi connectivity index (χ4v) is 3.99. The fourth-order valence-electron chi connectivity index (χ4n) is 3.99. The van der Waals surface area contributed by atoms with Gasteiger partial charge in [0, 0.05) is 0 Å². The highest BCUT2D eigenvalue weighted by atomic mass is 16.8. The predicted octanol–water partition coefficient (Wildman–Crippen LogP) is 4.38. The normalized spacial score (nSPS) is 44.7. The minimum Gasteiger partial charge on any atom is -0.344 e. The van der Waals surface area contributed by atoms with Crippen molar-refractivity contribution in [2.24, 2.45) is 17.8 Å². The number of hydrogen-bond acceptors (Lipinski definition) is 2. The number of ether oxygens (including phenoxy) is 2. The van der Waals surface area contributed by atoms with Gasteiger partial charge in [-0.15, -0.1) is 0 Å². The standard InChI is InChI=1S/C16H30O2/c1-7-8-11(2)13-9-12(3)16(6)14(10-13)17-15(4,5)18-16/h11-14H,7-10H2,1-6H3/t11-,12-,13+,14?,16?/m1/s1. The molecule has 18 heavy (non-hydrogen) atoms. The maximum absolute atomic E-state index is 6.22. The average molecular weight is 254 g/mol. The van der Waals surface area contributed by atoms with Crippen LogP contribution in [0.1, 0.15) is 67.2 Å². The molecule has 0 bridgehead atoms. The van der Waals surface area contributed by atoms with Gasteiger partial charge in [-0.25, -0.2) is 0 Å². The Balaban J connectivity index is 2.10. The minimum absolute atomic E-state index is 0.0774. The molecule has 2 heteroatoms. The van der Waals surface area contributed by atoms with Gasteiger partial charge in [-0.05, 0) is 51.4 Å². The topological polar surface area (TPSA) is 18.5 Å². The molecule has 2 rings (SSSR count). The van der Waals surface area contributed by atoms with Crippen molar-refractivity contribution in [3.8, 4) is 0 Å². The summed E-state index contributed by atoms with van der Waals surface area (Å²) in [5.74, 6) is 1.79. The van der Waals surface area contributed by atoms with E-state index in [0.717, 1.165) is 11.8 Å². The third-order valence-corrected chi connectivity index (χ3v) is 5.23. The van der Waals surface area contributed by atoms with Crippen LogP contribution in [-0.4, -0.2) is 17.5 Å². The summed E-state index contributed by atoms with van der Waals surface area (Å²) < 4.78 is 12.4. The van der Waals surface area contributed by atoms with E-state index in [0.29, 0.717) is 5.92 Å². The Morgan fingerprint density at radius 2 is 1.89 bits per heavy atom. The molecule has 0 aromatic rings. The SMILES string of the molecule is CCC[C@@H](C)[C@@H]1CC2OC(C)(C)OC2(C)[C@H](C)C1. The second-order valence-corrected chi connectivity index (χ2v) is 7.19. The Morgan fingerprint density at radius 1 is 1.22 bits per heavy atom. The maximum atomic E-state index is 6.22. The van der Waals surface area contributed by atoms with E-state index in [1.54, 1.807) is 0 Å². The molecule has 106 valence electrons. The molecule has 1 aliphatic carbocycles. The zero-order valence-corrected chi connectivity index (χ0v) is 13.0. The van der Waals surface area contributed by atoms with E-state index in [9.17, 15) is 0 Å². The van der Waals surface area contributed by atoms with Gasteiger partial charge in [-0.3, -0.25) is 0 Å². The molecule has 0 radical (unpaired) electrons. The van der Waals surface area contributed by atoms with Crippen molar-refractivity contribution < 1.29 is 9.47 Å². The Labute approximate surface area is 112 Å². The highest BCUT2D eigenvalue weighted by Gasteiger charge is 2.56. The molecule has 0 N–H and O–H groups in total. The van der Waals surface area contributed by atoms with E-state index in [2.05, 4.69) is 27.7 Å². The Morgan fingerprint density at radius 3 is 2.50 bits per heavy atom. The van der Waals surface area contributed by atoms with Crippen molar-refractivity contribution in [2.75, 3.05) is 0 Å². The van der Waals surface area contributed by atoms with Crippen LogP contribution in [0.15, 0.2) is 0 Å². The smallest absolute Gasteiger partial charge is 0.164 e. The molecule has 1 aliphatic heterocycles. The van der Waals surface area contributed by atoms with Crippen LogP contribution in [0, 0.1) is 17.8 Å². The summed E-state index contributed by atoms with van der Waals surface area (Å²) in [6.07, 6.45) is 5.36. The molecule has 2 fully saturated rings. The van der Waals surface area contributed by atoms with Crippen LogP contribution in [0.5, 0.6) is 0 Å². The Kier molecular flexibility index (Phi) is 3.81. The van der Waals surface area contributed by atoms with Crippen molar-refractivity contribution in [1.82, 2.24) is 0 Å². The van der Waals surface area contributed by atoms with Gasteiger partial charge in [0.05, 0.1) is 11.7 Å². The summed E-state index contributed by atoms with van der Waals surface area (Å²) >= 11 is 0. The van der Waals surface area contributed by atoms with E-state index in [-0.39, 0.29) is 11.7 Å². The van der Waals surface area contributed by atoms with E-state index in [4.69, 9.17) is 9.47 Å². The van der Waals surface area contributed by atoms with Crippen LogP contribution in [0.2, 0.25) is 0 Å². The molecule has 5 atom stereocenters. The van der Waals surface area contributed by atoms with Crippen LogP contribution in [0.25, 0.3) is 0 Å². The van der Waals surface area contributed by atoms with Crippen LogP contribution in [0.3, 0.4) is 0 Å². The fraction of sp³-hybridized carbons (Fsp3) is 1.00. The zero-order valence-electron chi connectivity index (χ0n) is 13.0. The third-order valence-electron chi connectivity index (χ3n) is 5.23. The van der Waals surface area contributed by atoms with Crippen molar-refractivity contribution in [3.63, 3.8) is 0 Å². The summed E-state index contributed by atoms with van der Waals surface area (Å²) in [4.78, 5) is 0. The molecule has 2 aliphatic rings. The van der Waals surface area contributed by atoms with Crippen LogP contribution < -0.4 is 0 Å². The van der Waals surface area contributed by atoms with Crippen molar-refractivity contribution in [2.45, 2.75) is 84.7 Å². The first-order valence-corrected chi connectivity index (χ1v) is 7.66. The highest BCUT2D eigenvalue weighted by Crippen LogP contribution is 2.50. The summed E-state index contributed by atoms with van der Waals surface area (Å²) in [7, 11) is 0. The van der Waals surface area contributed by atoms with Gasteiger partial charge in [0.15, 0.2) is 5.79 Å². The molecule has 2 nitrogen and oxygen atoms in total. The van der Waals surface area contributed by atoms with Crippen LogP contribution >= 0.6 is 0 Å². The number of hydrogen-bond donors (Lipinski definition) is 0. The Bertz CT molecular complexity index is 299. The lowest BCUT2D eigenvalue weighted by molar-refractivity contribution is -0.168. The third kappa shape index (κ3) is 2.46. The highest BCUT2D eigenvalue weighted by molar-refractivity contribution is 5.01. The monoisotopic (exact) mass is 254 g/mol. The molecular weight excluding hydrogens is 224 g/mol. The van der Waals surface area contributed by atoms with Gasteiger partial charge in [-0.2, -0.15) is 0 Å². The van der Waals surface area contributed by atoms with Crippen LogP contribution in [-0.2, 0) is 9.47 Å². The lowest BCUT2D eigenvalue weighted by Gasteiger charge is -2.44. The van der Waals surface area contributed by atoms with Crippen molar-refractivity contribution in [3.05, 3.63) is 0 Å². The zero-order chi connectivity index (χ0) is 13.6. The Hall–Kier alpha value is -0.0800. The largest absolute Gasteiger partial charge is 0.344 e. The molecule has 2 unspecified atom stereocenters. The van der Waals surface area contributed by atoms with E-state index >= 15 is 0 Å². The number of fused-ring (bicyclic) bond motifs is 1. The van der Waals surface area contributed by atoms with Gasteiger partial charge < -0.3 is 9.47 Å². The lowest BCUT2D eigenvalue weighted by atomic mass is 9.67. The second kappa shape index (κ2) is 4.79. The van der Waals surface area contributed by atoms with Gasteiger partial charge >= 0.3 is 0 Å². The van der Waals surface area contributed by atoms with Crippen LogP contribution in [0.4, 0.5) is 0 Å². The molecule has 1 saturated heterocycles. The maximum Gasteiger partial charge on any atom is 0.164 e. The van der Waals surface area contributed by atoms with Crippen molar-refractivity contribution >= 4 is 0 Å².